The monoisotopic (exact) mass is 286 g/mol. The SMILES string of the molecule is CC(C)N(CCCO)C(=O)c1cnc(NN)c(Cl)c1. The first-order valence-corrected chi connectivity index (χ1v) is 6.43. The van der Waals surface area contributed by atoms with E-state index in [0.717, 1.165) is 0 Å². The first-order chi connectivity index (χ1) is 9.01. The molecule has 106 valence electrons. The maximum Gasteiger partial charge on any atom is 0.255 e. The molecule has 1 rings (SSSR count). The minimum absolute atomic E-state index is 0.0325. The molecule has 0 aliphatic carbocycles. The van der Waals surface area contributed by atoms with Gasteiger partial charge in [-0.25, -0.2) is 10.8 Å². The van der Waals surface area contributed by atoms with Gasteiger partial charge < -0.3 is 15.4 Å². The second-order valence-corrected chi connectivity index (χ2v) is 4.78. The third kappa shape index (κ3) is 4.05. The Morgan fingerprint density at radius 1 is 1.63 bits per heavy atom. The first kappa shape index (κ1) is 15.7. The summed E-state index contributed by atoms with van der Waals surface area (Å²) in [5, 5.41) is 9.16. The zero-order chi connectivity index (χ0) is 14.4. The van der Waals surface area contributed by atoms with Gasteiger partial charge in [-0.1, -0.05) is 11.6 Å². The van der Waals surface area contributed by atoms with Crippen LogP contribution < -0.4 is 11.3 Å². The van der Waals surface area contributed by atoms with Crippen molar-refractivity contribution in [1.82, 2.24) is 9.88 Å². The molecule has 0 aliphatic rings. The fraction of sp³-hybridized carbons (Fsp3) is 0.500. The molecule has 0 atom stereocenters. The van der Waals surface area contributed by atoms with Crippen LogP contribution in [-0.2, 0) is 0 Å². The number of hydrazine groups is 1. The van der Waals surface area contributed by atoms with Crippen LogP contribution in [0.25, 0.3) is 0 Å². The smallest absolute Gasteiger partial charge is 0.255 e. The van der Waals surface area contributed by atoms with Crippen molar-refractivity contribution in [3.05, 3.63) is 22.8 Å². The number of anilines is 1. The minimum atomic E-state index is -0.165. The Balaban J connectivity index is 2.93. The first-order valence-electron chi connectivity index (χ1n) is 6.05. The molecule has 0 fully saturated rings. The number of halogens is 1. The third-order valence-corrected chi connectivity index (χ3v) is 2.95. The lowest BCUT2D eigenvalue weighted by atomic mass is 10.2. The molecule has 0 saturated heterocycles. The van der Waals surface area contributed by atoms with E-state index in [1.807, 2.05) is 13.8 Å². The zero-order valence-electron chi connectivity index (χ0n) is 11.1. The van der Waals surface area contributed by atoms with Crippen LogP contribution in [-0.4, -0.2) is 40.1 Å². The van der Waals surface area contributed by atoms with Crippen LogP contribution in [0, 0.1) is 0 Å². The molecule has 1 heterocycles. The molecule has 0 aromatic carbocycles. The number of nitrogen functional groups attached to an aromatic ring is 1. The van der Waals surface area contributed by atoms with Gasteiger partial charge in [0.25, 0.3) is 5.91 Å². The van der Waals surface area contributed by atoms with E-state index in [9.17, 15) is 4.79 Å². The molecule has 0 spiro atoms. The van der Waals surface area contributed by atoms with Gasteiger partial charge in [0.05, 0.1) is 10.6 Å². The van der Waals surface area contributed by atoms with E-state index >= 15 is 0 Å². The van der Waals surface area contributed by atoms with Crippen LogP contribution in [0.3, 0.4) is 0 Å². The van der Waals surface area contributed by atoms with Crippen molar-refractivity contribution in [2.24, 2.45) is 5.84 Å². The largest absolute Gasteiger partial charge is 0.396 e. The fourth-order valence-electron chi connectivity index (χ4n) is 1.66. The Kier molecular flexibility index (Phi) is 6.01. The number of carbonyl (C=O) groups is 1. The number of nitrogens with one attached hydrogen (secondary N) is 1. The number of aliphatic hydroxyl groups is 1. The molecule has 6 nitrogen and oxygen atoms in total. The van der Waals surface area contributed by atoms with E-state index in [0.29, 0.717) is 29.4 Å². The predicted octanol–water partition coefficient (Wildman–Crippen LogP) is 1.25. The van der Waals surface area contributed by atoms with E-state index in [4.69, 9.17) is 22.6 Å². The number of nitrogens with zero attached hydrogens (tertiary/aromatic N) is 2. The average molecular weight is 287 g/mol. The van der Waals surface area contributed by atoms with Crippen LogP contribution in [0.2, 0.25) is 5.02 Å². The Bertz CT molecular complexity index is 440. The molecule has 0 aliphatic heterocycles. The van der Waals surface area contributed by atoms with Gasteiger partial charge in [0.15, 0.2) is 5.82 Å². The van der Waals surface area contributed by atoms with E-state index in [1.165, 1.54) is 12.3 Å². The molecule has 1 amide bonds. The molecule has 19 heavy (non-hydrogen) atoms. The third-order valence-electron chi connectivity index (χ3n) is 2.67. The van der Waals surface area contributed by atoms with Gasteiger partial charge in [0, 0.05) is 25.4 Å². The Morgan fingerprint density at radius 3 is 2.79 bits per heavy atom. The van der Waals surface area contributed by atoms with Crippen molar-refractivity contribution in [3.8, 4) is 0 Å². The molecule has 4 N–H and O–H groups in total. The highest BCUT2D eigenvalue weighted by Crippen LogP contribution is 2.20. The summed E-state index contributed by atoms with van der Waals surface area (Å²) < 4.78 is 0. The number of nitrogens with two attached hydrogens (primary N) is 1. The molecule has 1 aromatic rings. The van der Waals surface area contributed by atoms with Crippen molar-refractivity contribution in [3.63, 3.8) is 0 Å². The summed E-state index contributed by atoms with van der Waals surface area (Å²) >= 11 is 5.95. The van der Waals surface area contributed by atoms with Crippen LogP contribution >= 0.6 is 11.6 Å². The standard InChI is InChI=1S/C12H19ClN4O2/c1-8(2)17(4-3-5-18)12(19)9-6-10(13)11(16-14)15-7-9/h6-8,18H,3-5,14H2,1-2H3,(H,15,16). The number of hydrogen-bond acceptors (Lipinski definition) is 5. The van der Waals surface area contributed by atoms with Crippen molar-refractivity contribution in [1.29, 1.82) is 0 Å². The van der Waals surface area contributed by atoms with Crippen molar-refractivity contribution < 1.29 is 9.90 Å². The highest BCUT2D eigenvalue weighted by Gasteiger charge is 2.19. The van der Waals surface area contributed by atoms with Crippen molar-refractivity contribution in [2.45, 2.75) is 26.3 Å². The molecule has 1 aromatic heterocycles. The van der Waals surface area contributed by atoms with Crippen LogP contribution in [0.5, 0.6) is 0 Å². The Hall–Kier alpha value is -1.37. The van der Waals surface area contributed by atoms with Gasteiger partial charge in [-0.3, -0.25) is 4.79 Å². The summed E-state index contributed by atoms with van der Waals surface area (Å²) in [7, 11) is 0. The maximum absolute atomic E-state index is 12.3. The predicted molar refractivity (Wildman–Crippen MR) is 74.9 cm³/mol. The highest BCUT2D eigenvalue weighted by atomic mass is 35.5. The topological polar surface area (TPSA) is 91.5 Å². The minimum Gasteiger partial charge on any atom is -0.396 e. The molecule has 0 radical (unpaired) electrons. The van der Waals surface area contributed by atoms with Gasteiger partial charge in [0.2, 0.25) is 0 Å². The number of hydrogen-bond donors (Lipinski definition) is 3. The summed E-state index contributed by atoms with van der Waals surface area (Å²) in [4.78, 5) is 18.0. The van der Waals surface area contributed by atoms with Gasteiger partial charge in [-0.2, -0.15) is 0 Å². The highest BCUT2D eigenvalue weighted by molar-refractivity contribution is 6.33. The quantitative estimate of drug-likeness (QED) is 0.541. The number of aromatic nitrogens is 1. The number of pyridine rings is 1. The molecule has 0 bridgehead atoms. The lowest BCUT2D eigenvalue weighted by Crippen LogP contribution is -2.38. The molecular weight excluding hydrogens is 268 g/mol. The zero-order valence-corrected chi connectivity index (χ0v) is 11.8. The Labute approximate surface area is 117 Å². The lowest BCUT2D eigenvalue weighted by Gasteiger charge is -2.26. The average Bonchev–Trinajstić information content (AvgIpc) is 2.38. The van der Waals surface area contributed by atoms with Crippen LogP contribution in [0.1, 0.15) is 30.6 Å². The molecule has 0 unspecified atom stereocenters. The van der Waals surface area contributed by atoms with Crippen molar-refractivity contribution in [2.75, 3.05) is 18.6 Å². The van der Waals surface area contributed by atoms with Gasteiger partial charge in [-0.05, 0) is 26.3 Å². The summed E-state index contributed by atoms with van der Waals surface area (Å²) in [6, 6.07) is 1.56. The maximum atomic E-state index is 12.3. The van der Waals surface area contributed by atoms with Crippen LogP contribution in [0.4, 0.5) is 5.82 Å². The molecular formula is C12H19ClN4O2. The Morgan fingerprint density at radius 2 is 2.32 bits per heavy atom. The summed E-state index contributed by atoms with van der Waals surface area (Å²) in [6.07, 6.45) is 1.96. The lowest BCUT2D eigenvalue weighted by molar-refractivity contribution is 0.0692. The van der Waals surface area contributed by atoms with E-state index in [-0.39, 0.29) is 18.6 Å². The number of aliphatic hydroxyl groups excluding tert-OH is 1. The van der Waals surface area contributed by atoms with E-state index < -0.39 is 0 Å². The second-order valence-electron chi connectivity index (χ2n) is 4.37. The summed E-state index contributed by atoms with van der Waals surface area (Å²) in [5.74, 6) is 5.39. The normalized spacial score (nSPS) is 10.6. The second kappa shape index (κ2) is 7.28. The van der Waals surface area contributed by atoms with Gasteiger partial charge >= 0.3 is 0 Å². The summed E-state index contributed by atoms with van der Waals surface area (Å²) in [5.41, 5.74) is 2.75. The number of carbonyl (C=O) groups excluding carboxylic acids is 1. The fourth-order valence-corrected chi connectivity index (χ4v) is 1.88. The van der Waals surface area contributed by atoms with Gasteiger partial charge in [-0.15, -0.1) is 0 Å². The number of amides is 1. The van der Waals surface area contributed by atoms with E-state index in [2.05, 4.69) is 10.4 Å². The molecule has 7 heteroatoms. The number of rotatable bonds is 6. The van der Waals surface area contributed by atoms with Crippen LogP contribution in [0.15, 0.2) is 12.3 Å². The van der Waals surface area contributed by atoms with Gasteiger partial charge in [0.1, 0.15) is 0 Å². The molecule has 0 saturated carbocycles. The van der Waals surface area contributed by atoms with E-state index in [1.54, 1.807) is 4.90 Å². The summed E-state index contributed by atoms with van der Waals surface area (Å²) in [6.45, 7) is 4.37. The van der Waals surface area contributed by atoms with Crippen molar-refractivity contribution >= 4 is 23.3 Å².